The van der Waals surface area contributed by atoms with Gasteiger partial charge in [-0.05, 0) is 25.1 Å². The van der Waals surface area contributed by atoms with Crippen molar-refractivity contribution in [3.63, 3.8) is 0 Å². The van der Waals surface area contributed by atoms with Crippen LogP contribution in [0.4, 0.5) is 14.9 Å². The van der Waals surface area contributed by atoms with Crippen LogP contribution in [0.5, 0.6) is 0 Å². The fourth-order valence-electron chi connectivity index (χ4n) is 2.51. The third kappa shape index (κ3) is 2.99. The highest BCUT2D eigenvalue weighted by Crippen LogP contribution is 2.27. The van der Waals surface area contributed by atoms with Crippen molar-refractivity contribution in [2.75, 3.05) is 11.9 Å². The zero-order valence-corrected chi connectivity index (χ0v) is 12.9. The lowest BCUT2D eigenvalue weighted by atomic mass is 10.1. The minimum absolute atomic E-state index is 0.0112. The number of rotatable bonds is 3. The van der Waals surface area contributed by atoms with Crippen LogP contribution in [0.3, 0.4) is 0 Å². The lowest BCUT2D eigenvalue weighted by molar-refractivity contribution is 0.168. The number of aromatic amines is 1. The van der Waals surface area contributed by atoms with E-state index in [1.165, 1.54) is 18.2 Å². The van der Waals surface area contributed by atoms with Crippen LogP contribution in [0, 0.1) is 5.82 Å². The topological polar surface area (TPSA) is 71.2 Å². The van der Waals surface area contributed by atoms with Crippen molar-refractivity contribution < 1.29 is 13.9 Å². The van der Waals surface area contributed by atoms with Crippen molar-refractivity contribution in [3.05, 3.63) is 64.6 Å². The number of benzene rings is 2. The smallest absolute Gasteiger partial charge is 0.411 e. The van der Waals surface area contributed by atoms with Crippen LogP contribution in [-0.2, 0) is 4.74 Å². The van der Waals surface area contributed by atoms with Crippen LogP contribution in [0.15, 0.2) is 53.3 Å². The summed E-state index contributed by atoms with van der Waals surface area (Å²) in [6.07, 6.45) is -0.584. The molecular formula is C18H15FN2O3. The predicted octanol–water partition coefficient (Wildman–Crippen LogP) is 3.90. The highest BCUT2D eigenvalue weighted by molar-refractivity contribution is 5.92. The van der Waals surface area contributed by atoms with Crippen LogP contribution in [0.1, 0.15) is 6.92 Å². The normalized spacial score (nSPS) is 10.6. The van der Waals surface area contributed by atoms with E-state index in [2.05, 4.69) is 10.3 Å². The van der Waals surface area contributed by atoms with Crippen molar-refractivity contribution in [1.82, 2.24) is 4.98 Å². The molecule has 0 atom stereocenters. The summed E-state index contributed by atoms with van der Waals surface area (Å²) < 4.78 is 18.7. The Morgan fingerprint density at radius 2 is 2.00 bits per heavy atom. The molecule has 3 rings (SSSR count). The molecule has 0 fully saturated rings. The molecule has 0 aliphatic heterocycles. The number of fused-ring (bicyclic) bond motifs is 1. The van der Waals surface area contributed by atoms with Gasteiger partial charge in [-0.1, -0.05) is 24.3 Å². The number of hydrogen-bond donors (Lipinski definition) is 2. The molecule has 0 bridgehead atoms. The summed E-state index contributed by atoms with van der Waals surface area (Å²) in [6.45, 7) is 1.96. The van der Waals surface area contributed by atoms with Gasteiger partial charge in [-0.25, -0.2) is 9.18 Å². The summed E-state index contributed by atoms with van der Waals surface area (Å²) in [5, 5.41) is 2.64. The van der Waals surface area contributed by atoms with Gasteiger partial charge in [-0.2, -0.15) is 0 Å². The first-order chi connectivity index (χ1) is 11.6. The highest BCUT2D eigenvalue weighted by Gasteiger charge is 2.12. The first-order valence-electron chi connectivity index (χ1n) is 7.45. The van der Waals surface area contributed by atoms with E-state index in [1.54, 1.807) is 37.3 Å². The number of hydrogen-bond acceptors (Lipinski definition) is 3. The Morgan fingerprint density at radius 1 is 1.21 bits per heavy atom. The summed E-state index contributed by atoms with van der Waals surface area (Å²) in [6, 6.07) is 12.7. The minimum atomic E-state index is -0.584. The number of pyridine rings is 1. The van der Waals surface area contributed by atoms with Crippen LogP contribution < -0.4 is 10.7 Å². The van der Waals surface area contributed by atoms with Gasteiger partial charge in [0.25, 0.3) is 0 Å². The first kappa shape index (κ1) is 15.7. The second-order valence-corrected chi connectivity index (χ2v) is 5.10. The Kier molecular flexibility index (Phi) is 4.29. The summed E-state index contributed by atoms with van der Waals surface area (Å²) in [7, 11) is 0. The fourth-order valence-corrected chi connectivity index (χ4v) is 2.51. The molecule has 0 unspecified atom stereocenters. The molecule has 0 saturated heterocycles. The van der Waals surface area contributed by atoms with E-state index in [4.69, 9.17) is 4.74 Å². The molecule has 1 aromatic heterocycles. The van der Waals surface area contributed by atoms with Crippen LogP contribution in [-0.4, -0.2) is 17.7 Å². The summed E-state index contributed by atoms with van der Waals surface area (Å²) in [5.74, 6) is -0.571. The molecule has 1 amide bonds. The number of carbonyl (C=O) groups is 1. The molecule has 122 valence electrons. The molecule has 6 heteroatoms. The van der Waals surface area contributed by atoms with E-state index in [0.29, 0.717) is 22.5 Å². The maximum Gasteiger partial charge on any atom is 0.411 e. The Labute approximate surface area is 137 Å². The van der Waals surface area contributed by atoms with Gasteiger partial charge >= 0.3 is 6.09 Å². The molecule has 2 aromatic carbocycles. The van der Waals surface area contributed by atoms with Gasteiger partial charge in [0.2, 0.25) is 0 Å². The summed E-state index contributed by atoms with van der Waals surface area (Å²) in [4.78, 5) is 27.0. The van der Waals surface area contributed by atoms with Crippen LogP contribution in [0.25, 0.3) is 22.2 Å². The van der Waals surface area contributed by atoms with Crippen molar-refractivity contribution in [3.8, 4) is 11.3 Å². The monoisotopic (exact) mass is 326 g/mol. The second-order valence-electron chi connectivity index (χ2n) is 5.10. The number of H-pyrrole nitrogens is 1. The zero-order valence-electron chi connectivity index (χ0n) is 12.9. The van der Waals surface area contributed by atoms with Gasteiger partial charge < -0.3 is 9.72 Å². The number of ether oxygens (including phenoxy) is 1. The molecule has 24 heavy (non-hydrogen) atoms. The van der Waals surface area contributed by atoms with Gasteiger partial charge in [0.15, 0.2) is 5.43 Å². The number of carbonyl (C=O) groups excluding carboxylic acids is 1. The Balaban J connectivity index is 2.11. The van der Waals surface area contributed by atoms with Crippen molar-refractivity contribution >= 4 is 22.7 Å². The largest absolute Gasteiger partial charge is 0.450 e. The Morgan fingerprint density at radius 3 is 2.79 bits per heavy atom. The molecule has 0 radical (unpaired) electrons. The Bertz CT molecular complexity index is 966. The molecule has 5 nitrogen and oxygen atoms in total. The van der Waals surface area contributed by atoms with Crippen LogP contribution in [0.2, 0.25) is 0 Å². The molecular weight excluding hydrogens is 311 g/mol. The molecule has 0 aliphatic rings. The minimum Gasteiger partial charge on any atom is -0.450 e. The van der Waals surface area contributed by atoms with Crippen molar-refractivity contribution in [2.24, 2.45) is 0 Å². The number of anilines is 1. The summed E-state index contributed by atoms with van der Waals surface area (Å²) >= 11 is 0. The molecule has 0 spiro atoms. The fraction of sp³-hybridized carbons (Fsp3) is 0.111. The van der Waals surface area contributed by atoms with Gasteiger partial charge in [-0.15, -0.1) is 0 Å². The summed E-state index contributed by atoms with van der Waals surface area (Å²) in [5.41, 5.74) is 1.54. The number of para-hydroxylation sites is 1. The first-order valence-corrected chi connectivity index (χ1v) is 7.45. The number of nitrogens with one attached hydrogen (secondary N) is 2. The van der Waals surface area contributed by atoms with Crippen molar-refractivity contribution in [2.45, 2.75) is 6.92 Å². The second kappa shape index (κ2) is 6.54. The van der Waals surface area contributed by atoms with Gasteiger partial charge in [0.1, 0.15) is 5.82 Å². The molecule has 0 aliphatic carbocycles. The van der Waals surface area contributed by atoms with E-state index in [1.807, 2.05) is 0 Å². The average molecular weight is 326 g/mol. The molecule has 3 aromatic rings. The van der Waals surface area contributed by atoms with Gasteiger partial charge in [-0.3, -0.25) is 10.1 Å². The highest BCUT2D eigenvalue weighted by atomic mass is 19.1. The third-order valence-electron chi connectivity index (χ3n) is 3.53. The molecule has 1 heterocycles. The van der Waals surface area contributed by atoms with Gasteiger partial charge in [0.05, 0.1) is 28.9 Å². The van der Waals surface area contributed by atoms with Crippen LogP contribution >= 0.6 is 0 Å². The SMILES string of the molecule is CCOC(=O)Nc1ccccc1-c1cc(=O)c2c(F)cccc2[nH]1. The lowest BCUT2D eigenvalue weighted by Gasteiger charge is -2.12. The number of aromatic nitrogens is 1. The van der Waals surface area contributed by atoms with E-state index < -0.39 is 17.3 Å². The lowest BCUT2D eigenvalue weighted by Crippen LogP contribution is -2.14. The van der Waals surface area contributed by atoms with Crippen molar-refractivity contribution in [1.29, 1.82) is 0 Å². The zero-order chi connectivity index (χ0) is 17.1. The molecule has 0 saturated carbocycles. The maximum atomic E-state index is 13.8. The third-order valence-corrected chi connectivity index (χ3v) is 3.53. The predicted molar refractivity (Wildman–Crippen MR) is 90.6 cm³/mol. The number of amides is 1. The van der Waals surface area contributed by atoms with E-state index in [9.17, 15) is 14.0 Å². The standard InChI is InChI=1S/C18H15FN2O3/c1-2-24-18(23)21-13-8-4-3-6-11(13)15-10-16(22)17-12(19)7-5-9-14(17)20-15/h3-10H,2H2,1H3,(H,20,22)(H,21,23). The van der Waals surface area contributed by atoms with Gasteiger partial charge in [0, 0.05) is 11.6 Å². The maximum absolute atomic E-state index is 13.8. The van der Waals surface area contributed by atoms with E-state index in [-0.39, 0.29) is 12.0 Å². The number of halogens is 1. The quantitative estimate of drug-likeness (QED) is 0.767. The van der Waals surface area contributed by atoms with E-state index in [0.717, 1.165) is 0 Å². The Hall–Kier alpha value is -3.15. The average Bonchev–Trinajstić information content (AvgIpc) is 2.55. The van der Waals surface area contributed by atoms with E-state index >= 15 is 0 Å². The molecule has 2 N–H and O–H groups in total.